The zero-order chi connectivity index (χ0) is 17.6. The lowest BCUT2D eigenvalue weighted by Crippen LogP contribution is -2.34. The van der Waals surface area contributed by atoms with Crippen LogP contribution in [0.2, 0.25) is 0 Å². The van der Waals surface area contributed by atoms with Gasteiger partial charge in [-0.2, -0.15) is 4.57 Å². The Morgan fingerprint density at radius 2 is 1.80 bits per heavy atom. The number of nitrogens with zero attached hydrogens (tertiary/aromatic N) is 2. The summed E-state index contributed by atoms with van der Waals surface area (Å²) in [5.74, 6) is -0.288. The highest BCUT2D eigenvalue weighted by atomic mass is 16.5. The Morgan fingerprint density at radius 3 is 2.56 bits per heavy atom. The summed E-state index contributed by atoms with van der Waals surface area (Å²) in [7, 11) is 0. The summed E-state index contributed by atoms with van der Waals surface area (Å²) in [5, 5.41) is 0. The topological polar surface area (TPSA) is 43.1 Å². The lowest BCUT2D eigenvalue weighted by Gasteiger charge is -2.10. The Morgan fingerprint density at radius 1 is 1.08 bits per heavy atom. The highest BCUT2D eigenvalue weighted by Crippen LogP contribution is 2.15. The predicted molar refractivity (Wildman–Crippen MR) is 96.0 cm³/mol. The maximum absolute atomic E-state index is 12.3. The maximum Gasteiger partial charge on any atom is 0.338 e. The molecular formula is C21H21N2O2+. The van der Waals surface area contributed by atoms with Gasteiger partial charge in [0.05, 0.1) is 17.9 Å². The van der Waals surface area contributed by atoms with Gasteiger partial charge in [0.2, 0.25) is 0 Å². The van der Waals surface area contributed by atoms with Crippen LogP contribution in [0, 0.1) is 0 Å². The van der Waals surface area contributed by atoms with E-state index >= 15 is 0 Å². The van der Waals surface area contributed by atoms with Gasteiger partial charge < -0.3 is 4.74 Å². The average Bonchev–Trinajstić information content (AvgIpc) is 2.62. The minimum atomic E-state index is -0.288. The maximum atomic E-state index is 12.3. The van der Waals surface area contributed by atoms with Gasteiger partial charge in [-0.05, 0) is 19.9 Å². The van der Waals surface area contributed by atoms with Crippen LogP contribution in [0.1, 0.15) is 29.8 Å². The van der Waals surface area contributed by atoms with Gasteiger partial charge in [-0.3, -0.25) is 0 Å². The molecule has 3 rings (SSSR count). The Bertz CT molecular complexity index is 861. The van der Waals surface area contributed by atoms with E-state index in [0.29, 0.717) is 12.1 Å². The summed E-state index contributed by atoms with van der Waals surface area (Å²) >= 11 is 0. The largest absolute Gasteiger partial charge is 0.459 e. The molecule has 0 unspecified atom stereocenters. The number of hydrogen-bond acceptors (Lipinski definition) is 3. The van der Waals surface area contributed by atoms with E-state index < -0.39 is 0 Å². The molecule has 0 aliphatic rings. The van der Waals surface area contributed by atoms with Crippen molar-refractivity contribution >= 4 is 5.97 Å². The van der Waals surface area contributed by atoms with Gasteiger partial charge in [0.15, 0.2) is 18.9 Å². The van der Waals surface area contributed by atoms with Crippen LogP contribution >= 0.6 is 0 Å². The molecule has 1 aromatic heterocycles. The Hall–Kier alpha value is -3.01. The molecule has 0 bridgehead atoms. The minimum Gasteiger partial charge on any atom is -0.459 e. The van der Waals surface area contributed by atoms with Crippen molar-refractivity contribution in [2.45, 2.75) is 26.5 Å². The van der Waals surface area contributed by atoms with E-state index in [1.807, 2.05) is 79.3 Å². The van der Waals surface area contributed by atoms with Gasteiger partial charge in [-0.15, -0.1) is 0 Å². The molecule has 1 heterocycles. The van der Waals surface area contributed by atoms with E-state index in [1.165, 1.54) is 0 Å². The van der Waals surface area contributed by atoms with Crippen LogP contribution in [0.5, 0.6) is 0 Å². The molecule has 25 heavy (non-hydrogen) atoms. The SMILES string of the molecule is CC(C)OC(=O)c1ccccc1C[n+]1ccnc(-c2ccccc2)c1. The van der Waals surface area contributed by atoms with Crippen LogP contribution in [0.3, 0.4) is 0 Å². The molecule has 0 spiro atoms. The molecule has 2 aromatic carbocycles. The average molecular weight is 333 g/mol. The Labute approximate surface area is 147 Å². The van der Waals surface area contributed by atoms with Crippen LogP contribution in [0.4, 0.5) is 0 Å². The van der Waals surface area contributed by atoms with Gasteiger partial charge in [0.25, 0.3) is 0 Å². The second-order valence-corrected chi connectivity index (χ2v) is 6.09. The fraction of sp³-hybridized carbons (Fsp3) is 0.190. The molecule has 0 radical (unpaired) electrons. The van der Waals surface area contributed by atoms with Crippen molar-refractivity contribution in [3.8, 4) is 11.3 Å². The number of carbonyl (C=O) groups is 1. The van der Waals surface area contributed by atoms with E-state index in [9.17, 15) is 4.79 Å². The molecule has 0 aliphatic carbocycles. The first-order valence-electron chi connectivity index (χ1n) is 8.33. The predicted octanol–water partition coefficient (Wildman–Crippen LogP) is 3.65. The molecule has 0 saturated carbocycles. The van der Waals surface area contributed by atoms with E-state index in [-0.39, 0.29) is 12.1 Å². The summed E-state index contributed by atoms with van der Waals surface area (Å²) in [6.45, 7) is 4.28. The zero-order valence-corrected chi connectivity index (χ0v) is 14.4. The van der Waals surface area contributed by atoms with Crippen molar-refractivity contribution in [3.05, 3.63) is 84.3 Å². The molecule has 0 N–H and O–H groups in total. The molecule has 126 valence electrons. The number of ether oxygens (including phenoxy) is 1. The Balaban J connectivity index is 1.87. The fourth-order valence-electron chi connectivity index (χ4n) is 2.62. The number of carbonyl (C=O) groups excluding carboxylic acids is 1. The molecule has 0 fully saturated rings. The second kappa shape index (κ2) is 7.71. The summed E-state index contributed by atoms with van der Waals surface area (Å²) in [4.78, 5) is 16.7. The lowest BCUT2D eigenvalue weighted by molar-refractivity contribution is -0.688. The smallest absolute Gasteiger partial charge is 0.338 e. The number of benzene rings is 2. The molecule has 4 heteroatoms. The molecule has 4 nitrogen and oxygen atoms in total. The van der Waals surface area contributed by atoms with E-state index in [0.717, 1.165) is 16.8 Å². The van der Waals surface area contributed by atoms with Crippen molar-refractivity contribution in [2.75, 3.05) is 0 Å². The molecule has 0 atom stereocenters. The summed E-state index contributed by atoms with van der Waals surface area (Å²) in [5.41, 5.74) is 3.47. The first-order valence-corrected chi connectivity index (χ1v) is 8.33. The van der Waals surface area contributed by atoms with Gasteiger partial charge in [0.1, 0.15) is 5.69 Å². The van der Waals surface area contributed by atoms with E-state index in [1.54, 1.807) is 12.3 Å². The van der Waals surface area contributed by atoms with Crippen molar-refractivity contribution in [1.82, 2.24) is 4.98 Å². The van der Waals surface area contributed by atoms with Crippen molar-refractivity contribution in [1.29, 1.82) is 0 Å². The summed E-state index contributed by atoms with van der Waals surface area (Å²) in [6.07, 6.45) is 5.52. The quantitative estimate of drug-likeness (QED) is 0.529. The normalized spacial score (nSPS) is 10.7. The van der Waals surface area contributed by atoms with Gasteiger partial charge >= 0.3 is 5.97 Å². The monoisotopic (exact) mass is 333 g/mol. The number of rotatable bonds is 5. The van der Waals surface area contributed by atoms with E-state index in [2.05, 4.69) is 4.98 Å². The number of hydrogen-bond donors (Lipinski definition) is 0. The van der Waals surface area contributed by atoms with Gasteiger partial charge in [-0.1, -0.05) is 48.5 Å². The van der Waals surface area contributed by atoms with Crippen LogP contribution < -0.4 is 4.57 Å². The Kier molecular flexibility index (Phi) is 5.19. The van der Waals surface area contributed by atoms with Crippen LogP contribution in [0.15, 0.2) is 73.2 Å². The standard InChI is InChI=1S/C21H21N2O2/c1-16(2)25-21(24)19-11-7-6-10-18(19)14-23-13-12-22-20(15-23)17-8-4-3-5-9-17/h3-13,15-16H,14H2,1-2H3/q+1. The molecule has 3 aromatic rings. The second-order valence-electron chi connectivity index (χ2n) is 6.09. The molecule has 0 aliphatic heterocycles. The molecule has 0 amide bonds. The van der Waals surface area contributed by atoms with Crippen LogP contribution in [-0.2, 0) is 11.3 Å². The number of aromatic nitrogens is 2. The third-order valence-electron chi connectivity index (χ3n) is 3.76. The van der Waals surface area contributed by atoms with E-state index in [4.69, 9.17) is 4.74 Å². The first-order chi connectivity index (χ1) is 12.1. The van der Waals surface area contributed by atoms with Crippen molar-refractivity contribution < 1.29 is 14.1 Å². The first kappa shape index (κ1) is 16.8. The summed E-state index contributed by atoms with van der Waals surface area (Å²) < 4.78 is 7.37. The zero-order valence-electron chi connectivity index (χ0n) is 14.4. The third-order valence-corrected chi connectivity index (χ3v) is 3.76. The number of esters is 1. The highest BCUT2D eigenvalue weighted by molar-refractivity contribution is 5.91. The minimum absolute atomic E-state index is 0.140. The van der Waals surface area contributed by atoms with Crippen LogP contribution in [0.25, 0.3) is 11.3 Å². The van der Waals surface area contributed by atoms with Crippen molar-refractivity contribution in [3.63, 3.8) is 0 Å². The van der Waals surface area contributed by atoms with Crippen LogP contribution in [-0.4, -0.2) is 17.1 Å². The van der Waals surface area contributed by atoms with Gasteiger partial charge in [0, 0.05) is 11.1 Å². The molecule has 0 saturated heterocycles. The third kappa shape index (κ3) is 4.29. The van der Waals surface area contributed by atoms with Crippen molar-refractivity contribution in [2.24, 2.45) is 0 Å². The highest BCUT2D eigenvalue weighted by Gasteiger charge is 2.17. The fourth-order valence-corrected chi connectivity index (χ4v) is 2.62. The summed E-state index contributed by atoms with van der Waals surface area (Å²) in [6, 6.07) is 17.6. The molecular weight excluding hydrogens is 312 g/mol. The lowest BCUT2D eigenvalue weighted by atomic mass is 10.1. The van der Waals surface area contributed by atoms with Gasteiger partial charge in [-0.25, -0.2) is 9.78 Å².